The molecule has 0 aromatic heterocycles. The Morgan fingerprint density at radius 3 is 2.67 bits per heavy atom. The first kappa shape index (κ1) is 14.1. The molecular weight excluding hydrogens is 246 g/mol. The SMILES string of the molecule is CC1=CC(C)CC(CNCC2CCS(=O)(=O)C2)C1. The average molecular weight is 271 g/mol. The highest BCUT2D eigenvalue weighted by Gasteiger charge is 2.27. The van der Waals surface area contributed by atoms with Gasteiger partial charge in [-0.15, -0.1) is 0 Å². The van der Waals surface area contributed by atoms with Crippen molar-refractivity contribution in [2.24, 2.45) is 17.8 Å². The molecule has 0 saturated carbocycles. The Morgan fingerprint density at radius 2 is 2.06 bits per heavy atom. The summed E-state index contributed by atoms with van der Waals surface area (Å²) in [6.07, 6.45) is 5.67. The molecule has 104 valence electrons. The standard InChI is InChI=1S/C14H25NO2S/c1-11-5-12(2)7-14(6-11)9-15-8-13-3-4-18(16,17)10-13/h5,11,13-15H,3-4,6-10H2,1-2H3. The first-order valence-electron chi connectivity index (χ1n) is 7.03. The van der Waals surface area contributed by atoms with Crippen LogP contribution in [0.2, 0.25) is 0 Å². The van der Waals surface area contributed by atoms with Gasteiger partial charge in [0.05, 0.1) is 11.5 Å². The van der Waals surface area contributed by atoms with Crippen LogP contribution < -0.4 is 5.32 Å². The fraction of sp³-hybridized carbons (Fsp3) is 0.857. The quantitative estimate of drug-likeness (QED) is 0.796. The van der Waals surface area contributed by atoms with Gasteiger partial charge in [-0.3, -0.25) is 0 Å². The van der Waals surface area contributed by atoms with Crippen LogP contribution in [0.15, 0.2) is 11.6 Å². The molecule has 4 heteroatoms. The highest BCUT2D eigenvalue weighted by molar-refractivity contribution is 7.91. The monoisotopic (exact) mass is 271 g/mol. The molecule has 0 spiro atoms. The van der Waals surface area contributed by atoms with Crippen molar-refractivity contribution in [3.05, 3.63) is 11.6 Å². The first-order chi connectivity index (χ1) is 8.44. The van der Waals surface area contributed by atoms with Crippen LogP contribution in [0.3, 0.4) is 0 Å². The maximum atomic E-state index is 11.4. The van der Waals surface area contributed by atoms with Gasteiger partial charge < -0.3 is 5.32 Å². The molecule has 0 aromatic rings. The van der Waals surface area contributed by atoms with E-state index in [0.717, 1.165) is 25.4 Å². The zero-order valence-electron chi connectivity index (χ0n) is 11.5. The number of nitrogens with one attached hydrogen (secondary N) is 1. The summed E-state index contributed by atoms with van der Waals surface area (Å²) in [4.78, 5) is 0. The Bertz CT molecular complexity index is 414. The lowest BCUT2D eigenvalue weighted by molar-refractivity contribution is 0.370. The minimum atomic E-state index is -2.72. The fourth-order valence-corrected chi connectivity index (χ4v) is 5.23. The molecule has 2 aliphatic rings. The number of hydrogen-bond acceptors (Lipinski definition) is 3. The van der Waals surface area contributed by atoms with Gasteiger partial charge in [0.1, 0.15) is 0 Å². The second-order valence-corrected chi connectivity index (χ2v) is 8.45. The summed E-state index contributed by atoms with van der Waals surface area (Å²) in [6, 6.07) is 0. The summed E-state index contributed by atoms with van der Waals surface area (Å²) in [5, 5.41) is 3.48. The van der Waals surface area contributed by atoms with E-state index in [1.165, 1.54) is 18.4 Å². The topological polar surface area (TPSA) is 46.2 Å². The van der Waals surface area contributed by atoms with E-state index < -0.39 is 9.84 Å². The van der Waals surface area contributed by atoms with Crippen molar-refractivity contribution < 1.29 is 8.42 Å². The van der Waals surface area contributed by atoms with Crippen LogP contribution in [0.5, 0.6) is 0 Å². The third kappa shape index (κ3) is 4.09. The molecule has 1 aliphatic carbocycles. The van der Waals surface area contributed by atoms with Crippen molar-refractivity contribution in [3.63, 3.8) is 0 Å². The summed E-state index contributed by atoms with van der Waals surface area (Å²) in [5.74, 6) is 2.54. The molecule has 1 N–H and O–H groups in total. The molecule has 2 rings (SSSR count). The molecule has 18 heavy (non-hydrogen) atoms. The molecule has 1 fully saturated rings. The van der Waals surface area contributed by atoms with Crippen molar-refractivity contribution in [3.8, 4) is 0 Å². The molecule has 1 saturated heterocycles. The summed E-state index contributed by atoms with van der Waals surface area (Å²) < 4.78 is 22.7. The highest BCUT2D eigenvalue weighted by Crippen LogP contribution is 2.27. The second kappa shape index (κ2) is 5.74. The van der Waals surface area contributed by atoms with Gasteiger partial charge in [-0.1, -0.05) is 18.6 Å². The van der Waals surface area contributed by atoms with Gasteiger partial charge in [0.2, 0.25) is 0 Å². The summed E-state index contributed by atoms with van der Waals surface area (Å²) in [7, 11) is -2.72. The zero-order valence-corrected chi connectivity index (χ0v) is 12.3. The van der Waals surface area contributed by atoms with E-state index in [1.807, 2.05) is 0 Å². The Balaban J connectivity index is 1.69. The third-order valence-corrected chi connectivity index (χ3v) is 5.91. The fourth-order valence-electron chi connectivity index (χ4n) is 3.37. The van der Waals surface area contributed by atoms with E-state index in [-0.39, 0.29) is 0 Å². The van der Waals surface area contributed by atoms with Crippen LogP contribution in [0.1, 0.15) is 33.1 Å². The normalized spacial score (nSPS) is 35.4. The molecule has 0 aromatic carbocycles. The van der Waals surface area contributed by atoms with Gasteiger partial charge >= 0.3 is 0 Å². The van der Waals surface area contributed by atoms with E-state index in [0.29, 0.717) is 23.3 Å². The summed E-state index contributed by atoms with van der Waals surface area (Å²) in [6.45, 7) is 6.39. The van der Waals surface area contributed by atoms with Gasteiger partial charge in [-0.2, -0.15) is 0 Å². The lowest BCUT2D eigenvalue weighted by Gasteiger charge is -2.26. The molecular formula is C14H25NO2S. The lowest BCUT2D eigenvalue weighted by Crippen LogP contribution is -2.30. The number of sulfone groups is 1. The van der Waals surface area contributed by atoms with Crippen LogP contribution >= 0.6 is 0 Å². The van der Waals surface area contributed by atoms with Crippen molar-refractivity contribution in [1.29, 1.82) is 0 Å². The number of rotatable bonds is 4. The van der Waals surface area contributed by atoms with Crippen LogP contribution in [0.25, 0.3) is 0 Å². The number of hydrogen-bond donors (Lipinski definition) is 1. The predicted molar refractivity (Wildman–Crippen MR) is 75.3 cm³/mol. The molecule has 3 unspecified atom stereocenters. The van der Waals surface area contributed by atoms with Crippen LogP contribution in [0, 0.1) is 17.8 Å². The molecule has 3 nitrogen and oxygen atoms in total. The predicted octanol–water partition coefficient (Wildman–Crippen LogP) is 2.00. The molecule has 1 aliphatic heterocycles. The van der Waals surface area contributed by atoms with E-state index >= 15 is 0 Å². The second-order valence-electron chi connectivity index (χ2n) is 6.22. The summed E-state index contributed by atoms with van der Waals surface area (Å²) in [5.41, 5.74) is 1.50. The average Bonchev–Trinajstić information content (AvgIpc) is 2.57. The first-order valence-corrected chi connectivity index (χ1v) is 8.85. The lowest BCUT2D eigenvalue weighted by atomic mass is 9.83. The van der Waals surface area contributed by atoms with Gasteiger partial charge in [-0.25, -0.2) is 8.42 Å². The Morgan fingerprint density at radius 1 is 1.33 bits per heavy atom. The van der Waals surface area contributed by atoms with E-state index in [2.05, 4.69) is 25.2 Å². The van der Waals surface area contributed by atoms with Crippen molar-refractivity contribution in [1.82, 2.24) is 5.32 Å². The maximum Gasteiger partial charge on any atom is 0.150 e. The van der Waals surface area contributed by atoms with Crippen LogP contribution in [0.4, 0.5) is 0 Å². The highest BCUT2D eigenvalue weighted by atomic mass is 32.2. The molecule has 3 atom stereocenters. The molecule has 1 heterocycles. The van der Waals surface area contributed by atoms with Crippen molar-refractivity contribution in [2.45, 2.75) is 33.1 Å². The molecule has 0 amide bonds. The maximum absolute atomic E-state index is 11.4. The Labute approximate surface area is 111 Å². The minimum absolute atomic E-state index is 0.340. The van der Waals surface area contributed by atoms with Gasteiger partial charge in [0, 0.05) is 0 Å². The minimum Gasteiger partial charge on any atom is -0.316 e. The van der Waals surface area contributed by atoms with E-state index in [1.54, 1.807) is 0 Å². The molecule has 0 radical (unpaired) electrons. The van der Waals surface area contributed by atoms with Gasteiger partial charge in [0.15, 0.2) is 9.84 Å². The van der Waals surface area contributed by atoms with E-state index in [4.69, 9.17) is 0 Å². The van der Waals surface area contributed by atoms with Crippen LogP contribution in [-0.4, -0.2) is 33.0 Å². The zero-order chi connectivity index (χ0) is 13.2. The van der Waals surface area contributed by atoms with Gasteiger partial charge in [0.25, 0.3) is 0 Å². The number of allylic oxidation sites excluding steroid dienone is 2. The molecule has 0 bridgehead atoms. The largest absolute Gasteiger partial charge is 0.316 e. The third-order valence-electron chi connectivity index (χ3n) is 4.08. The smallest absolute Gasteiger partial charge is 0.150 e. The van der Waals surface area contributed by atoms with Crippen LogP contribution in [-0.2, 0) is 9.84 Å². The van der Waals surface area contributed by atoms with Gasteiger partial charge in [-0.05, 0) is 57.0 Å². The Kier molecular flexibility index (Phi) is 4.49. The van der Waals surface area contributed by atoms with Crippen molar-refractivity contribution in [2.75, 3.05) is 24.6 Å². The van der Waals surface area contributed by atoms with E-state index in [9.17, 15) is 8.42 Å². The Hall–Kier alpha value is -0.350. The summed E-state index contributed by atoms with van der Waals surface area (Å²) >= 11 is 0. The van der Waals surface area contributed by atoms with Crippen molar-refractivity contribution >= 4 is 9.84 Å².